The van der Waals surface area contributed by atoms with Crippen LogP contribution in [0.5, 0.6) is 0 Å². The fourth-order valence-electron chi connectivity index (χ4n) is 3.31. The van der Waals surface area contributed by atoms with E-state index in [2.05, 4.69) is 51.4 Å². The molecule has 0 saturated carbocycles. The van der Waals surface area contributed by atoms with Gasteiger partial charge in [-0.15, -0.1) is 0 Å². The molecule has 5 heteroatoms. The first-order chi connectivity index (χ1) is 12.2. The molecule has 0 aliphatic carbocycles. The fourth-order valence-corrected chi connectivity index (χ4v) is 3.31. The van der Waals surface area contributed by atoms with Crippen molar-refractivity contribution in [2.45, 2.75) is 32.9 Å². The Morgan fingerprint density at radius 1 is 1.12 bits per heavy atom. The third-order valence-corrected chi connectivity index (χ3v) is 4.44. The monoisotopic (exact) mass is 331 g/mol. The van der Waals surface area contributed by atoms with Gasteiger partial charge in [0.15, 0.2) is 0 Å². The van der Waals surface area contributed by atoms with E-state index in [0.717, 1.165) is 29.6 Å². The summed E-state index contributed by atoms with van der Waals surface area (Å²) in [7, 11) is 0. The van der Waals surface area contributed by atoms with Crippen LogP contribution in [0.4, 0.5) is 17.5 Å². The van der Waals surface area contributed by atoms with Crippen molar-refractivity contribution >= 4 is 17.5 Å². The second kappa shape index (κ2) is 6.51. The molecule has 0 spiro atoms. The van der Waals surface area contributed by atoms with E-state index in [4.69, 9.17) is 4.98 Å². The summed E-state index contributed by atoms with van der Waals surface area (Å²) >= 11 is 0. The summed E-state index contributed by atoms with van der Waals surface area (Å²) in [6.45, 7) is 4.86. The average Bonchev–Trinajstić information content (AvgIpc) is 2.96. The van der Waals surface area contributed by atoms with Crippen molar-refractivity contribution in [1.82, 2.24) is 15.0 Å². The van der Waals surface area contributed by atoms with Gasteiger partial charge in [0, 0.05) is 29.7 Å². The van der Waals surface area contributed by atoms with Gasteiger partial charge >= 0.3 is 0 Å². The molecule has 1 aromatic carbocycles. The average molecular weight is 331 g/mol. The Morgan fingerprint density at radius 3 is 2.80 bits per heavy atom. The molecule has 5 nitrogen and oxygen atoms in total. The molecule has 1 atom stereocenters. The van der Waals surface area contributed by atoms with Crippen LogP contribution in [0, 0.1) is 6.92 Å². The standard InChI is InChI=1S/C20H21N5/c1-14-11-19(22-13-17-8-5-6-10-21-17)24-20(23-14)25-15(2)12-16-7-3-4-9-18(16)25/h3-11,15H,12-13H2,1-2H3,(H,22,23,24). The number of aryl methyl sites for hydroxylation is 1. The molecule has 4 rings (SSSR count). The van der Waals surface area contributed by atoms with Gasteiger partial charge in [0.05, 0.1) is 12.2 Å². The number of aromatic nitrogens is 3. The molecule has 25 heavy (non-hydrogen) atoms. The van der Waals surface area contributed by atoms with Gasteiger partial charge in [0.25, 0.3) is 0 Å². The number of nitrogens with zero attached hydrogens (tertiary/aromatic N) is 4. The highest BCUT2D eigenvalue weighted by Gasteiger charge is 2.28. The molecule has 2 aromatic heterocycles. The summed E-state index contributed by atoms with van der Waals surface area (Å²) in [6.07, 6.45) is 2.82. The molecule has 0 saturated heterocycles. The van der Waals surface area contributed by atoms with E-state index in [1.54, 1.807) is 6.20 Å². The Kier molecular flexibility index (Phi) is 4.06. The topological polar surface area (TPSA) is 53.9 Å². The van der Waals surface area contributed by atoms with Crippen LogP contribution in [0.25, 0.3) is 0 Å². The first-order valence-corrected chi connectivity index (χ1v) is 8.57. The summed E-state index contributed by atoms with van der Waals surface area (Å²) in [5, 5.41) is 3.36. The normalized spacial score (nSPS) is 15.9. The van der Waals surface area contributed by atoms with E-state index >= 15 is 0 Å². The van der Waals surface area contributed by atoms with E-state index in [9.17, 15) is 0 Å². The van der Waals surface area contributed by atoms with E-state index in [0.29, 0.717) is 12.6 Å². The molecule has 0 bridgehead atoms. The number of fused-ring (bicyclic) bond motifs is 1. The maximum Gasteiger partial charge on any atom is 0.232 e. The zero-order chi connectivity index (χ0) is 17.2. The van der Waals surface area contributed by atoms with Crippen molar-refractivity contribution in [1.29, 1.82) is 0 Å². The van der Waals surface area contributed by atoms with Crippen LogP contribution in [0.1, 0.15) is 23.9 Å². The number of hydrogen-bond acceptors (Lipinski definition) is 5. The number of nitrogens with one attached hydrogen (secondary N) is 1. The second-order valence-corrected chi connectivity index (χ2v) is 6.42. The van der Waals surface area contributed by atoms with Crippen molar-refractivity contribution in [3.05, 3.63) is 71.7 Å². The molecule has 0 amide bonds. The van der Waals surface area contributed by atoms with Crippen LogP contribution < -0.4 is 10.2 Å². The molecule has 3 aromatic rings. The maximum absolute atomic E-state index is 4.76. The molecular weight excluding hydrogens is 310 g/mol. The zero-order valence-electron chi connectivity index (χ0n) is 14.5. The number of para-hydroxylation sites is 1. The third kappa shape index (κ3) is 3.18. The SMILES string of the molecule is Cc1cc(NCc2ccccn2)nc(N2c3ccccc3CC2C)n1. The van der Waals surface area contributed by atoms with E-state index in [-0.39, 0.29) is 0 Å². The minimum atomic E-state index is 0.350. The highest BCUT2D eigenvalue weighted by Crippen LogP contribution is 2.36. The van der Waals surface area contributed by atoms with Gasteiger partial charge in [0.2, 0.25) is 5.95 Å². The largest absolute Gasteiger partial charge is 0.364 e. The lowest BCUT2D eigenvalue weighted by Gasteiger charge is -2.23. The molecule has 3 heterocycles. The van der Waals surface area contributed by atoms with Crippen LogP contribution in [-0.4, -0.2) is 21.0 Å². The Balaban J connectivity index is 1.62. The Labute approximate surface area is 147 Å². The Morgan fingerprint density at radius 2 is 1.96 bits per heavy atom. The van der Waals surface area contributed by atoms with Gasteiger partial charge in [-0.1, -0.05) is 24.3 Å². The van der Waals surface area contributed by atoms with Gasteiger partial charge in [0.1, 0.15) is 5.82 Å². The first-order valence-electron chi connectivity index (χ1n) is 8.57. The van der Waals surface area contributed by atoms with E-state index in [1.165, 1.54) is 11.3 Å². The van der Waals surface area contributed by atoms with Gasteiger partial charge in [-0.3, -0.25) is 4.98 Å². The molecule has 0 radical (unpaired) electrons. The minimum Gasteiger partial charge on any atom is -0.364 e. The van der Waals surface area contributed by atoms with E-state index < -0.39 is 0 Å². The molecular formula is C20H21N5. The summed E-state index contributed by atoms with van der Waals surface area (Å²) in [5.41, 5.74) is 4.49. The van der Waals surface area contributed by atoms with Crippen LogP contribution in [-0.2, 0) is 13.0 Å². The number of rotatable bonds is 4. The summed E-state index contributed by atoms with van der Waals surface area (Å²) in [5.74, 6) is 1.57. The van der Waals surface area contributed by atoms with Gasteiger partial charge < -0.3 is 10.2 Å². The van der Waals surface area contributed by atoms with Crippen molar-refractivity contribution in [3.63, 3.8) is 0 Å². The van der Waals surface area contributed by atoms with Crippen molar-refractivity contribution in [2.24, 2.45) is 0 Å². The van der Waals surface area contributed by atoms with Gasteiger partial charge in [-0.2, -0.15) is 4.98 Å². The molecule has 1 aliphatic rings. The predicted octanol–water partition coefficient (Wildman–Crippen LogP) is 3.87. The first kappa shape index (κ1) is 15.6. The summed E-state index contributed by atoms with van der Waals surface area (Å²) in [6, 6.07) is 16.7. The Hall–Kier alpha value is -2.95. The number of benzene rings is 1. The Bertz CT molecular complexity index is 878. The second-order valence-electron chi connectivity index (χ2n) is 6.42. The van der Waals surface area contributed by atoms with E-state index in [1.807, 2.05) is 31.2 Å². The van der Waals surface area contributed by atoms with Crippen LogP contribution >= 0.6 is 0 Å². The van der Waals surface area contributed by atoms with Crippen molar-refractivity contribution in [3.8, 4) is 0 Å². The number of pyridine rings is 1. The molecule has 0 fully saturated rings. The minimum absolute atomic E-state index is 0.350. The lowest BCUT2D eigenvalue weighted by atomic mass is 10.1. The predicted molar refractivity (Wildman–Crippen MR) is 100 cm³/mol. The molecule has 126 valence electrons. The van der Waals surface area contributed by atoms with Crippen LogP contribution in [0.3, 0.4) is 0 Å². The highest BCUT2D eigenvalue weighted by atomic mass is 15.3. The highest BCUT2D eigenvalue weighted by molar-refractivity contribution is 5.67. The number of anilines is 3. The molecule has 1 N–H and O–H groups in total. The fraction of sp³-hybridized carbons (Fsp3) is 0.250. The van der Waals surface area contributed by atoms with Crippen molar-refractivity contribution in [2.75, 3.05) is 10.2 Å². The lowest BCUT2D eigenvalue weighted by Crippen LogP contribution is -2.26. The number of hydrogen-bond donors (Lipinski definition) is 1. The third-order valence-electron chi connectivity index (χ3n) is 4.44. The maximum atomic E-state index is 4.76. The molecule has 1 unspecified atom stereocenters. The van der Waals surface area contributed by atoms with Gasteiger partial charge in [-0.25, -0.2) is 4.98 Å². The molecule has 1 aliphatic heterocycles. The lowest BCUT2D eigenvalue weighted by molar-refractivity contribution is 0.738. The van der Waals surface area contributed by atoms with Crippen LogP contribution in [0.15, 0.2) is 54.7 Å². The van der Waals surface area contributed by atoms with Crippen LogP contribution in [0.2, 0.25) is 0 Å². The summed E-state index contributed by atoms with van der Waals surface area (Å²) < 4.78 is 0. The van der Waals surface area contributed by atoms with Crippen molar-refractivity contribution < 1.29 is 0 Å². The summed E-state index contributed by atoms with van der Waals surface area (Å²) in [4.78, 5) is 16.0. The quantitative estimate of drug-likeness (QED) is 0.786. The van der Waals surface area contributed by atoms with Gasteiger partial charge in [-0.05, 0) is 44.0 Å². The zero-order valence-corrected chi connectivity index (χ0v) is 14.5. The smallest absolute Gasteiger partial charge is 0.232 e.